The fourth-order valence-corrected chi connectivity index (χ4v) is 2.20. The zero-order valence-corrected chi connectivity index (χ0v) is 12.7. The summed E-state index contributed by atoms with van der Waals surface area (Å²) in [6.07, 6.45) is -4.66. The van der Waals surface area contributed by atoms with Gasteiger partial charge in [-0.3, -0.25) is 4.79 Å². The molecular formula is C12H20N4O8. The number of carboxylic acids is 1. The van der Waals surface area contributed by atoms with Crippen LogP contribution in [-0.2, 0) is 14.3 Å². The minimum atomic E-state index is -2.47. The summed E-state index contributed by atoms with van der Waals surface area (Å²) >= 11 is 0. The highest BCUT2D eigenvalue weighted by Gasteiger charge is 2.51. The molecule has 0 aromatic heterocycles. The van der Waals surface area contributed by atoms with Gasteiger partial charge >= 0.3 is 5.97 Å². The van der Waals surface area contributed by atoms with Crippen LogP contribution >= 0.6 is 0 Å². The molecule has 5 atom stereocenters. The van der Waals surface area contributed by atoms with E-state index in [0.717, 1.165) is 6.92 Å². The number of carboxylic acid groups (broad SMARTS) is 1. The number of carbonyl (C=O) groups is 2. The van der Waals surface area contributed by atoms with Crippen LogP contribution in [0.4, 0.5) is 0 Å². The number of hydrogen-bond donors (Lipinski definition) is 8. The van der Waals surface area contributed by atoms with Crippen molar-refractivity contribution in [1.82, 2.24) is 5.32 Å². The molecule has 1 aliphatic heterocycles. The van der Waals surface area contributed by atoms with E-state index in [9.17, 15) is 24.9 Å². The number of aliphatic hydroxyl groups excluding tert-OH is 3. The Balaban J connectivity index is 3.45. The van der Waals surface area contributed by atoms with Crippen LogP contribution in [0.1, 0.15) is 6.92 Å². The SMILES string of the molecule is CC(=O)N[C@H]1[C@H]([C@H](O)[C@H](O)CO)OC(C(=O)O)=C[C@@]1(O)N=C(N)N. The monoisotopic (exact) mass is 348 g/mol. The van der Waals surface area contributed by atoms with Gasteiger partial charge in [-0.25, -0.2) is 9.79 Å². The quantitative estimate of drug-likeness (QED) is 0.170. The second kappa shape index (κ2) is 7.44. The number of ether oxygens (including phenoxy) is 1. The Morgan fingerprint density at radius 2 is 2.04 bits per heavy atom. The number of aliphatic hydroxyl groups is 4. The summed E-state index contributed by atoms with van der Waals surface area (Å²) in [6.45, 7) is 0.193. The van der Waals surface area contributed by atoms with E-state index >= 15 is 0 Å². The summed E-state index contributed by atoms with van der Waals surface area (Å²) < 4.78 is 5.04. The van der Waals surface area contributed by atoms with Gasteiger partial charge in [-0.1, -0.05) is 0 Å². The number of aliphatic carboxylic acids is 1. The number of nitrogens with two attached hydrogens (primary N) is 2. The minimum absolute atomic E-state index is 0.633. The average molecular weight is 348 g/mol. The Kier molecular flexibility index (Phi) is 6.09. The lowest BCUT2D eigenvalue weighted by Crippen LogP contribution is -2.65. The van der Waals surface area contributed by atoms with Crippen LogP contribution in [0, 0.1) is 0 Å². The smallest absolute Gasteiger partial charge is 0.371 e. The molecule has 10 N–H and O–H groups in total. The number of guanidine groups is 1. The van der Waals surface area contributed by atoms with Crippen molar-refractivity contribution < 1.29 is 39.9 Å². The van der Waals surface area contributed by atoms with E-state index in [2.05, 4.69) is 10.3 Å². The van der Waals surface area contributed by atoms with Crippen molar-refractivity contribution in [3.05, 3.63) is 11.8 Å². The first kappa shape index (κ1) is 19.6. The maximum atomic E-state index is 11.4. The van der Waals surface area contributed by atoms with E-state index in [4.69, 9.17) is 26.4 Å². The first-order valence-electron chi connectivity index (χ1n) is 6.72. The van der Waals surface area contributed by atoms with Crippen LogP contribution in [0.25, 0.3) is 0 Å². The van der Waals surface area contributed by atoms with Crippen molar-refractivity contribution in [3.63, 3.8) is 0 Å². The van der Waals surface area contributed by atoms with Crippen LogP contribution in [0.15, 0.2) is 16.8 Å². The van der Waals surface area contributed by atoms with Gasteiger partial charge in [-0.15, -0.1) is 0 Å². The van der Waals surface area contributed by atoms with E-state index in [0.29, 0.717) is 6.08 Å². The minimum Gasteiger partial charge on any atom is -0.478 e. The van der Waals surface area contributed by atoms with Crippen LogP contribution in [0.3, 0.4) is 0 Å². The molecule has 0 aromatic rings. The van der Waals surface area contributed by atoms with Gasteiger partial charge in [0.2, 0.25) is 17.4 Å². The van der Waals surface area contributed by atoms with Crippen molar-refractivity contribution in [3.8, 4) is 0 Å². The van der Waals surface area contributed by atoms with Crippen molar-refractivity contribution >= 4 is 17.8 Å². The van der Waals surface area contributed by atoms with Gasteiger partial charge in [0.25, 0.3) is 0 Å². The topological polar surface area (TPSA) is 221 Å². The maximum Gasteiger partial charge on any atom is 0.371 e. The number of aliphatic imine (C=N–C) groups is 1. The van der Waals surface area contributed by atoms with Crippen molar-refractivity contribution in [2.45, 2.75) is 37.0 Å². The number of amides is 1. The first-order valence-corrected chi connectivity index (χ1v) is 6.72. The fourth-order valence-electron chi connectivity index (χ4n) is 2.20. The third-order valence-corrected chi connectivity index (χ3v) is 3.19. The highest BCUT2D eigenvalue weighted by molar-refractivity contribution is 5.85. The Morgan fingerprint density at radius 1 is 1.46 bits per heavy atom. The normalized spacial score (nSPS) is 28.8. The standard InChI is InChI=1S/C12H20N4O8/c1-4(18)15-9-8(7(20)5(19)3-17)24-6(10(21)22)2-12(9,23)16-11(13)14/h2,5,7-9,17,19-20,23H,3H2,1H3,(H,15,18)(H,21,22)(H4,13,14,16)/t5-,7-,8+,9+,12+/m1/s1. The predicted molar refractivity (Wildman–Crippen MR) is 78.1 cm³/mol. The zero-order valence-electron chi connectivity index (χ0n) is 12.7. The van der Waals surface area contributed by atoms with E-state index in [1.54, 1.807) is 0 Å². The maximum absolute atomic E-state index is 11.4. The second-order valence-electron chi connectivity index (χ2n) is 5.13. The highest BCUT2D eigenvalue weighted by Crippen LogP contribution is 2.30. The van der Waals surface area contributed by atoms with Gasteiger partial charge < -0.3 is 47.1 Å². The molecule has 1 rings (SSSR count). The lowest BCUT2D eigenvalue weighted by Gasteiger charge is -2.42. The summed E-state index contributed by atoms with van der Waals surface area (Å²) in [5.74, 6) is -3.75. The van der Waals surface area contributed by atoms with Gasteiger partial charge in [0.05, 0.1) is 6.61 Å². The van der Waals surface area contributed by atoms with Gasteiger partial charge in [-0.05, 0) is 0 Å². The van der Waals surface area contributed by atoms with Crippen molar-refractivity contribution in [2.75, 3.05) is 6.61 Å². The van der Waals surface area contributed by atoms with Gasteiger partial charge in [0.15, 0.2) is 12.1 Å². The molecule has 12 nitrogen and oxygen atoms in total. The molecule has 0 radical (unpaired) electrons. The Morgan fingerprint density at radius 3 is 2.46 bits per heavy atom. The van der Waals surface area contributed by atoms with E-state index in [1.165, 1.54) is 0 Å². The molecular weight excluding hydrogens is 328 g/mol. The van der Waals surface area contributed by atoms with Crippen molar-refractivity contribution in [1.29, 1.82) is 0 Å². The molecule has 0 aromatic carbocycles. The third-order valence-electron chi connectivity index (χ3n) is 3.19. The largest absolute Gasteiger partial charge is 0.478 e. The van der Waals surface area contributed by atoms with Gasteiger partial charge in [0, 0.05) is 13.0 Å². The Labute approximate surface area is 136 Å². The molecule has 1 heterocycles. The average Bonchev–Trinajstić information content (AvgIpc) is 2.46. The molecule has 0 bridgehead atoms. The van der Waals surface area contributed by atoms with E-state index in [1.807, 2.05) is 0 Å². The van der Waals surface area contributed by atoms with Gasteiger partial charge in [-0.2, -0.15) is 0 Å². The molecule has 12 heteroatoms. The summed E-state index contributed by atoms with van der Waals surface area (Å²) in [5, 5.41) is 50.5. The lowest BCUT2D eigenvalue weighted by molar-refractivity contribution is -0.156. The molecule has 0 aliphatic carbocycles. The number of nitrogens with one attached hydrogen (secondary N) is 1. The lowest BCUT2D eigenvalue weighted by atomic mass is 9.89. The molecule has 0 saturated heterocycles. The summed E-state index contributed by atoms with van der Waals surface area (Å²) in [7, 11) is 0. The molecule has 0 unspecified atom stereocenters. The summed E-state index contributed by atoms with van der Waals surface area (Å²) in [4.78, 5) is 26.0. The fraction of sp³-hybridized carbons (Fsp3) is 0.583. The van der Waals surface area contributed by atoms with Crippen LogP contribution in [0.2, 0.25) is 0 Å². The molecule has 1 amide bonds. The molecule has 0 spiro atoms. The number of hydrogen-bond acceptors (Lipinski definition) is 8. The molecule has 1 aliphatic rings. The number of rotatable bonds is 6. The zero-order chi connectivity index (χ0) is 18.7. The highest BCUT2D eigenvalue weighted by atomic mass is 16.5. The van der Waals surface area contributed by atoms with Crippen LogP contribution in [0.5, 0.6) is 0 Å². The Bertz CT molecular complexity index is 561. The van der Waals surface area contributed by atoms with Crippen LogP contribution in [-0.4, -0.2) is 80.1 Å². The van der Waals surface area contributed by atoms with E-state index < -0.39 is 60.3 Å². The summed E-state index contributed by atoms with van der Waals surface area (Å²) in [6, 6.07) is -1.56. The Hall–Kier alpha value is -2.41. The first-order chi connectivity index (χ1) is 11.0. The number of nitrogens with zero attached hydrogens (tertiary/aromatic N) is 1. The third kappa shape index (κ3) is 4.32. The predicted octanol–water partition coefficient (Wildman–Crippen LogP) is -4.47. The molecule has 24 heavy (non-hydrogen) atoms. The molecule has 136 valence electrons. The molecule has 0 saturated carbocycles. The second-order valence-corrected chi connectivity index (χ2v) is 5.13. The van der Waals surface area contributed by atoms with Crippen LogP contribution < -0.4 is 16.8 Å². The van der Waals surface area contributed by atoms with E-state index in [-0.39, 0.29) is 0 Å². The molecule has 0 fully saturated rings. The van der Waals surface area contributed by atoms with Crippen molar-refractivity contribution in [2.24, 2.45) is 16.5 Å². The summed E-state index contributed by atoms with van der Waals surface area (Å²) in [5.41, 5.74) is 7.96. The van der Waals surface area contributed by atoms with Gasteiger partial charge in [0.1, 0.15) is 18.2 Å². The number of carbonyl (C=O) groups excluding carboxylic acids is 1.